The highest BCUT2D eigenvalue weighted by molar-refractivity contribution is 7.92. The fourth-order valence-corrected chi connectivity index (χ4v) is 5.71. The number of amides is 2. The summed E-state index contributed by atoms with van der Waals surface area (Å²) in [7, 11) is -4.33. The molecule has 0 bridgehead atoms. The molecule has 0 fully saturated rings. The van der Waals surface area contributed by atoms with Crippen molar-refractivity contribution in [3.63, 3.8) is 0 Å². The Labute approximate surface area is 245 Å². The number of carbonyl (C=O) groups is 2. The normalized spacial score (nSPS) is 12.7. The van der Waals surface area contributed by atoms with Crippen molar-refractivity contribution in [1.29, 1.82) is 0 Å². The van der Waals surface area contributed by atoms with Crippen LogP contribution in [0.2, 0.25) is 5.02 Å². The van der Waals surface area contributed by atoms with Gasteiger partial charge in [-0.25, -0.2) is 8.42 Å². The lowest BCUT2D eigenvalue weighted by atomic mass is 10.1. The zero-order valence-electron chi connectivity index (χ0n) is 23.1. The first-order valence-electron chi connectivity index (χ1n) is 13.1. The number of anilines is 1. The molecule has 0 aliphatic heterocycles. The maximum Gasteiger partial charge on any atom is 0.271 e. The quantitative estimate of drug-likeness (QED) is 0.213. The average molecular weight is 601 g/mol. The molecule has 0 aliphatic carbocycles. The van der Waals surface area contributed by atoms with Gasteiger partial charge >= 0.3 is 0 Å². The molecule has 3 rings (SSSR count). The van der Waals surface area contributed by atoms with Gasteiger partial charge < -0.3 is 10.2 Å². The molecule has 41 heavy (non-hydrogen) atoms. The van der Waals surface area contributed by atoms with Crippen molar-refractivity contribution < 1.29 is 22.9 Å². The molecule has 0 saturated heterocycles. The van der Waals surface area contributed by atoms with E-state index in [2.05, 4.69) is 5.32 Å². The molecule has 1 N–H and O–H groups in total. The number of nitro benzene ring substituents is 1. The second-order valence-electron chi connectivity index (χ2n) is 9.49. The lowest BCUT2D eigenvalue weighted by molar-refractivity contribution is -0.384. The third-order valence-corrected chi connectivity index (χ3v) is 8.63. The van der Waals surface area contributed by atoms with E-state index in [9.17, 15) is 28.1 Å². The van der Waals surface area contributed by atoms with Gasteiger partial charge in [0.2, 0.25) is 11.8 Å². The Hall–Kier alpha value is -3.96. The molecule has 0 unspecified atom stereocenters. The van der Waals surface area contributed by atoms with Crippen LogP contribution in [0.5, 0.6) is 0 Å². The van der Waals surface area contributed by atoms with Crippen LogP contribution in [0.3, 0.4) is 0 Å². The molecule has 10 nitrogen and oxygen atoms in total. The maximum absolute atomic E-state index is 14.0. The summed E-state index contributed by atoms with van der Waals surface area (Å²) in [6, 6.07) is 18.3. The standard InChI is InChI=1S/C29H33ClN4O6S/c1-4-21(3)31-29(36)27(5-2)32(19-22-14-16-23(30)17-15-22)28(35)20-33(24-10-9-11-25(18-24)34(37)38)41(39,40)26-12-7-6-8-13-26/h6-18,21,27H,4-5,19-20H2,1-3H3,(H,31,36)/t21-,27-/m0/s1. The van der Waals surface area contributed by atoms with Crippen LogP contribution in [0.4, 0.5) is 11.4 Å². The van der Waals surface area contributed by atoms with Crippen LogP contribution in [0, 0.1) is 10.1 Å². The molecule has 2 atom stereocenters. The van der Waals surface area contributed by atoms with Crippen LogP contribution in [0.25, 0.3) is 0 Å². The number of nitrogens with one attached hydrogen (secondary N) is 1. The van der Waals surface area contributed by atoms with Crippen LogP contribution < -0.4 is 9.62 Å². The average Bonchev–Trinajstić information content (AvgIpc) is 2.97. The van der Waals surface area contributed by atoms with Gasteiger partial charge in [0.1, 0.15) is 12.6 Å². The van der Waals surface area contributed by atoms with E-state index in [0.29, 0.717) is 17.0 Å². The summed E-state index contributed by atoms with van der Waals surface area (Å²) >= 11 is 6.04. The van der Waals surface area contributed by atoms with Gasteiger partial charge in [0.25, 0.3) is 15.7 Å². The zero-order chi connectivity index (χ0) is 30.2. The monoisotopic (exact) mass is 600 g/mol. The van der Waals surface area contributed by atoms with Crippen molar-refractivity contribution in [3.8, 4) is 0 Å². The fraction of sp³-hybridized carbons (Fsp3) is 0.310. The Morgan fingerprint density at radius 3 is 2.22 bits per heavy atom. The van der Waals surface area contributed by atoms with Gasteiger partial charge in [0, 0.05) is 29.7 Å². The van der Waals surface area contributed by atoms with Crippen molar-refractivity contribution in [3.05, 3.63) is 99.6 Å². The van der Waals surface area contributed by atoms with E-state index in [1.165, 1.54) is 35.2 Å². The molecule has 0 aliphatic rings. The van der Waals surface area contributed by atoms with Crippen molar-refractivity contribution in [2.24, 2.45) is 0 Å². The number of non-ortho nitro benzene ring substituents is 1. The van der Waals surface area contributed by atoms with Gasteiger partial charge in [-0.3, -0.25) is 24.0 Å². The molecule has 0 heterocycles. The second kappa shape index (κ2) is 14.1. The highest BCUT2D eigenvalue weighted by Gasteiger charge is 2.34. The Kier molecular flexibility index (Phi) is 10.8. The molecule has 0 saturated carbocycles. The second-order valence-corrected chi connectivity index (χ2v) is 11.8. The highest BCUT2D eigenvalue weighted by Crippen LogP contribution is 2.28. The van der Waals surface area contributed by atoms with Gasteiger partial charge in [-0.2, -0.15) is 0 Å². The van der Waals surface area contributed by atoms with E-state index in [-0.39, 0.29) is 41.2 Å². The van der Waals surface area contributed by atoms with Crippen molar-refractivity contribution >= 4 is 44.8 Å². The molecule has 2 amide bonds. The number of benzene rings is 3. The highest BCUT2D eigenvalue weighted by atomic mass is 35.5. The van der Waals surface area contributed by atoms with E-state index in [4.69, 9.17) is 11.6 Å². The molecule has 0 aromatic heterocycles. The summed E-state index contributed by atoms with van der Waals surface area (Å²) in [6.45, 7) is 4.86. The maximum atomic E-state index is 14.0. The lowest BCUT2D eigenvalue weighted by Gasteiger charge is -2.33. The Bertz CT molecular complexity index is 1470. The van der Waals surface area contributed by atoms with Crippen molar-refractivity contribution in [2.45, 2.75) is 57.1 Å². The van der Waals surface area contributed by atoms with Crippen molar-refractivity contribution in [2.75, 3.05) is 10.8 Å². The number of carbonyl (C=O) groups excluding carboxylic acids is 2. The van der Waals surface area contributed by atoms with Crippen molar-refractivity contribution in [1.82, 2.24) is 10.2 Å². The number of hydrogen-bond acceptors (Lipinski definition) is 6. The summed E-state index contributed by atoms with van der Waals surface area (Å²) in [4.78, 5) is 39.4. The minimum Gasteiger partial charge on any atom is -0.352 e. The Balaban J connectivity index is 2.08. The van der Waals surface area contributed by atoms with Gasteiger partial charge in [-0.15, -0.1) is 0 Å². The van der Waals surface area contributed by atoms with Gasteiger partial charge in [0.05, 0.1) is 15.5 Å². The largest absolute Gasteiger partial charge is 0.352 e. The first-order chi connectivity index (χ1) is 19.5. The summed E-state index contributed by atoms with van der Waals surface area (Å²) in [6.07, 6.45) is 0.951. The molecule has 0 radical (unpaired) electrons. The van der Waals surface area contributed by atoms with E-state index in [1.807, 2.05) is 13.8 Å². The minimum atomic E-state index is -4.33. The molecule has 12 heteroatoms. The Morgan fingerprint density at radius 1 is 0.976 bits per heavy atom. The van der Waals surface area contributed by atoms with Gasteiger partial charge in [-0.05, 0) is 55.7 Å². The smallest absolute Gasteiger partial charge is 0.271 e. The molecule has 0 spiro atoms. The van der Waals surface area contributed by atoms with Crippen LogP contribution in [-0.4, -0.2) is 48.7 Å². The number of hydrogen-bond donors (Lipinski definition) is 1. The molecule has 3 aromatic carbocycles. The fourth-order valence-electron chi connectivity index (χ4n) is 4.16. The van der Waals surface area contributed by atoms with Crippen LogP contribution in [-0.2, 0) is 26.2 Å². The number of nitro groups is 1. The SMILES string of the molecule is CC[C@H](C)NC(=O)[C@H](CC)N(Cc1ccc(Cl)cc1)C(=O)CN(c1cccc([N+](=O)[O-])c1)S(=O)(=O)c1ccccc1. The van der Waals surface area contributed by atoms with Crippen LogP contribution in [0.15, 0.2) is 83.8 Å². The van der Waals surface area contributed by atoms with Gasteiger partial charge in [-0.1, -0.05) is 61.8 Å². The summed E-state index contributed by atoms with van der Waals surface area (Å²) in [5.74, 6) is -1.02. The predicted molar refractivity (Wildman–Crippen MR) is 158 cm³/mol. The van der Waals surface area contributed by atoms with E-state index in [0.717, 1.165) is 10.4 Å². The predicted octanol–water partition coefficient (Wildman–Crippen LogP) is 5.17. The first-order valence-corrected chi connectivity index (χ1v) is 15.0. The third-order valence-electron chi connectivity index (χ3n) is 6.59. The number of rotatable bonds is 13. The molecular weight excluding hydrogens is 568 g/mol. The number of halogens is 1. The van der Waals surface area contributed by atoms with Crippen LogP contribution >= 0.6 is 11.6 Å². The summed E-state index contributed by atoms with van der Waals surface area (Å²) in [5.41, 5.74) is 0.297. The molecule has 218 valence electrons. The summed E-state index contributed by atoms with van der Waals surface area (Å²) < 4.78 is 28.5. The summed E-state index contributed by atoms with van der Waals surface area (Å²) in [5, 5.41) is 14.9. The minimum absolute atomic E-state index is 0.0105. The molecule has 3 aromatic rings. The van der Waals surface area contributed by atoms with E-state index < -0.39 is 33.4 Å². The van der Waals surface area contributed by atoms with Crippen LogP contribution in [0.1, 0.15) is 39.2 Å². The number of nitrogens with zero attached hydrogens (tertiary/aromatic N) is 3. The van der Waals surface area contributed by atoms with E-state index in [1.54, 1.807) is 49.4 Å². The number of sulfonamides is 1. The van der Waals surface area contributed by atoms with Gasteiger partial charge in [0.15, 0.2) is 0 Å². The lowest BCUT2D eigenvalue weighted by Crippen LogP contribution is -2.53. The molecular formula is C29H33ClN4O6S. The third kappa shape index (κ3) is 8.05. The zero-order valence-corrected chi connectivity index (χ0v) is 24.6. The topological polar surface area (TPSA) is 130 Å². The van der Waals surface area contributed by atoms with E-state index >= 15 is 0 Å². The Morgan fingerprint density at radius 2 is 1.63 bits per heavy atom. The first kappa shape index (κ1) is 31.6.